The Morgan fingerprint density at radius 2 is 1.80 bits per heavy atom. The second kappa shape index (κ2) is 6.29. The van der Waals surface area contributed by atoms with Crippen molar-refractivity contribution in [1.29, 1.82) is 0 Å². The first kappa shape index (κ1) is 15.8. The molecule has 2 aromatic carbocycles. The van der Waals surface area contributed by atoms with Crippen molar-refractivity contribution in [3.8, 4) is 5.69 Å². The molecule has 0 saturated heterocycles. The predicted octanol–water partition coefficient (Wildman–Crippen LogP) is 3.20. The van der Waals surface area contributed by atoms with E-state index >= 15 is 0 Å². The topological polar surface area (TPSA) is 64.0 Å². The lowest BCUT2D eigenvalue weighted by molar-refractivity contribution is 0.102. The van der Waals surface area contributed by atoms with E-state index in [1.807, 2.05) is 49.4 Å². The number of carbonyl (C=O) groups excluding carboxylic acids is 1. The van der Waals surface area contributed by atoms with E-state index in [1.165, 1.54) is 0 Å². The molecule has 126 valence electrons. The highest BCUT2D eigenvalue weighted by molar-refractivity contribution is 7.83. The smallest absolute Gasteiger partial charge is 0.256 e. The van der Waals surface area contributed by atoms with Crippen LogP contribution in [-0.4, -0.2) is 19.9 Å². The maximum Gasteiger partial charge on any atom is 0.256 e. The summed E-state index contributed by atoms with van der Waals surface area (Å²) in [6.45, 7) is 1.98. The summed E-state index contributed by atoms with van der Waals surface area (Å²) < 4.78 is 13.6. The Morgan fingerprint density at radius 1 is 1.08 bits per heavy atom. The van der Waals surface area contributed by atoms with Gasteiger partial charge in [-0.05, 0) is 31.2 Å². The van der Waals surface area contributed by atoms with Gasteiger partial charge in [0.25, 0.3) is 5.91 Å². The molecule has 2 heterocycles. The maximum atomic E-state index is 12.7. The van der Waals surface area contributed by atoms with Crippen molar-refractivity contribution in [2.45, 2.75) is 18.4 Å². The minimum Gasteiger partial charge on any atom is -0.306 e. The monoisotopic (exact) mass is 351 g/mol. The molecule has 1 aromatic heterocycles. The molecule has 3 aromatic rings. The average Bonchev–Trinajstić information content (AvgIpc) is 3.13. The van der Waals surface area contributed by atoms with E-state index in [9.17, 15) is 9.00 Å². The lowest BCUT2D eigenvalue weighted by Crippen LogP contribution is -2.16. The van der Waals surface area contributed by atoms with E-state index in [4.69, 9.17) is 0 Å². The number of carbonyl (C=O) groups is 1. The van der Waals surface area contributed by atoms with Crippen LogP contribution >= 0.6 is 0 Å². The number of nitrogens with zero attached hydrogens (tertiary/aromatic N) is 2. The van der Waals surface area contributed by atoms with Crippen molar-refractivity contribution in [1.82, 2.24) is 9.78 Å². The van der Waals surface area contributed by atoms with Gasteiger partial charge in [-0.3, -0.25) is 9.00 Å². The number of aryl methyl sites for hydroxylation is 1. The molecule has 1 aliphatic heterocycles. The van der Waals surface area contributed by atoms with E-state index < -0.39 is 10.8 Å². The lowest BCUT2D eigenvalue weighted by atomic mass is 10.1. The maximum absolute atomic E-state index is 12.7. The van der Waals surface area contributed by atoms with Gasteiger partial charge in [-0.2, -0.15) is 5.10 Å². The zero-order valence-corrected chi connectivity index (χ0v) is 14.5. The van der Waals surface area contributed by atoms with Gasteiger partial charge >= 0.3 is 0 Å². The van der Waals surface area contributed by atoms with Gasteiger partial charge in [-0.25, -0.2) is 4.68 Å². The van der Waals surface area contributed by atoms with Crippen LogP contribution in [0.1, 0.15) is 27.2 Å². The molecule has 5 nitrogen and oxygen atoms in total. The molecule has 1 aliphatic rings. The number of benzene rings is 2. The third-order valence-electron chi connectivity index (χ3n) is 4.22. The summed E-state index contributed by atoms with van der Waals surface area (Å²) in [6, 6.07) is 17.0. The predicted molar refractivity (Wildman–Crippen MR) is 98.2 cm³/mol. The van der Waals surface area contributed by atoms with Crippen molar-refractivity contribution >= 4 is 22.5 Å². The molecule has 0 bridgehead atoms. The fourth-order valence-corrected chi connectivity index (χ4v) is 4.16. The molecule has 1 atom stereocenters. The molecule has 1 N–H and O–H groups in total. The minimum atomic E-state index is -0.953. The number of hydrogen-bond acceptors (Lipinski definition) is 3. The average molecular weight is 351 g/mol. The number of aromatic nitrogens is 2. The molecular formula is C19H17N3O2S. The van der Waals surface area contributed by atoms with E-state index in [1.54, 1.807) is 16.8 Å². The summed E-state index contributed by atoms with van der Waals surface area (Å²) in [5.41, 5.74) is 4.20. The van der Waals surface area contributed by atoms with Gasteiger partial charge in [0.2, 0.25) is 0 Å². The number of anilines is 1. The van der Waals surface area contributed by atoms with Crippen LogP contribution in [0.3, 0.4) is 0 Å². The summed E-state index contributed by atoms with van der Waals surface area (Å²) in [4.78, 5) is 12.7. The Bertz CT molecular complexity index is 962. The summed E-state index contributed by atoms with van der Waals surface area (Å²) in [5, 5.41) is 7.55. The summed E-state index contributed by atoms with van der Waals surface area (Å²) in [5.74, 6) is 1.27. The van der Waals surface area contributed by atoms with E-state index in [0.29, 0.717) is 22.9 Å². The number of amides is 1. The van der Waals surface area contributed by atoms with E-state index in [-0.39, 0.29) is 5.91 Å². The van der Waals surface area contributed by atoms with Crippen molar-refractivity contribution in [3.63, 3.8) is 0 Å². The van der Waals surface area contributed by atoms with Crippen LogP contribution in [0.5, 0.6) is 0 Å². The number of hydrogen-bond donors (Lipinski definition) is 1. The van der Waals surface area contributed by atoms with Crippen LogP contribution in [-0.2, 0) is 22.3 Å². The first-order valence-electron chi connectivity index (χ1n) is 8.01. The van der Waals surface area contributed by atoms with Crippen molar-refractivity contribution in [3.05, 3.63) is 77.0 Å². The molecule has 0 aliphatic carbocycles. The molecule has 0 radical (unpaired) electrons. The van der Waals surface area contributed by atoms with Gasteiger partial charge in [0, 0.05) is 21.9 Å². The Kier molecular flexibility index (Phi) is 3.97. The fraction of sp³-hybridized carbons (Fsp3) is 0.158. The first-order chi connectivity index (χ1) is 12.1. The highest BCUT2D eigenvalue weighted by Gasteiger charge is 2.28. The summed E-state index contributed by atoms with van der Waals surface area (Å²) >= 11 is 0. The first-order valence-corrected chi connectivity index (χ1v) is 9.50. The SMILES string of the molecule is Cc1ccc(C(=O)Nc2c3c(nn2-c2ccccc2)CS(=O)C3)cc1. The molecule has 25 heavy (non-hydrogen) atoms. The number of fused-ring (bicyclic) bond motifs is 1. The third kappa shape index (κ3) is 3.00. The third-order valence-corrected chi connectivity index (χ3v) is 5.42. The molecule has 6 heteroatoms. The van der Waals surface area contributed by atoms with Gasteiger partial charge in [-0.15, -0.1) is 0 Å². The molecular weight excluding hydrogens is 334 g/mol. The van der Waals surface area contributed by atoms with Gasteiger partial charge in [0.15, 0.2) is 0 Å². The zero-order valence-electron chi connectivity index (χ0n) is 13.7. The number of nitrogens with one attached hydrogen (secondary N) is 1. The van der Waals surface area contributed by atoms with Gasteiger partial charge in [0.1, 0.15) is 5.82 Å². The van der Waals surface area contributed by atoms with Crippen molar-refractivity contribution < 1.29 is 9.00 Å². The van der Waals surface area contributed by atoms with Gasteiger partial charge in [0.05, 0.1) is 22.9 Å². The summed E-state index contributed by atoms with van der Waals surface area (Å²) in [7, 11) is -0.953. The van der Waals surface area contributed by atoms with Crippen LogP contribution in [0.25, 0.3) is 5.69 Å². The van der Waals surface area contributed by atoms with Crippen LogP contribution in [0.4, 0.5) is 5.82 Å². The van der Waals surface area contributed by atoms with Crippen LogP contribution in [0.15, 0.2) is 54.6 Å². The highest BCUT2D eigenvalue weighted by Crippen LogP contribution is 2.31. The highest BCUT2D eigenvalue weighted by atomic mass is 32.2. The van der Waals surface area contributed by atoms with Crippen LogP contribution in [0, 0.1) is 6.92 Å². The molecule has 0 spiro atoms. The Labute approximate surface area is 148 Å². The zero-order chi connectivity index (χ0) is 17.4. The largest absolute Gasteiger partial charge is 0.306 e. The molecule has 0 saturated carbocycles. The quantitative estimate of drug-likeness (QED) is 0.788. The summed E-state index contributed by atoms with van der Waals surface area (Å²) in [6.07, 6.45) is 0. The molecule has 1 amide bonds. The van der Waals surface area contributed by atoms with E-state index in [0.717, 1.165) is 22.5 Å². The minimum absolute atomic E-state index is 0.197. The van der Waals surface area contributed by atoms with Crippen LogP contribution in [0.2, 0.25) is 0 Å². The van der Waals surface area contributed by atoms with Crippen molar-refractivity contribution in [2.75, 3.05) is 5.32 Å². The van der Waals surface area contributed by atoms with Crippen LogP contribution < -0.4 is 5.32 Å². The van der Waals surface area contributed by atoms with E-state index in [2.05, 4.69) is 10.4 Å². The normalized spacial score (nSPS) is 15.8. The molecule has 4 rings (SSSR count). The molecule has 0 fully saturated rings. The second-order valence-electron chi connectivity index (χ2n) is 6.07. The standard InChI is InChI=1S/C19H17N3O2S/c1-13-7-9-14(10-8-13)19(23)20-18-16-11-25(24)12-17(16)21-22(18)15-5-3-2-4-6-15/h2-10H,11-12H2,1H3,(H,20,23). The van der Waals surface area contributed by atoms with Gasteiger partial charge < -0.3 is 5.32 Å². The number of rotatable bonds is 3. The Morgan fingerprint density at radius 3 is 2.52 bits per heavy atom. The second-order valence-corrected chi connectivity index (χ2v) is 7.53. The lowest BCUT2D eigenvalue weighted by Gasteiger charge is -2.11. The Hall–Kier alpha value is -2.73. The molecule has 1 unspecified atom stereocenters. The fourth-order valence-electron chi connectivity index (χ4n) is 2.90. The van der Waals surface area contributed by atoms with Gasteiger partial charge in [-0.1, -0.05) is 35.9 Å². The Balaban J connectivity index is 1.74. The van der Waals surface area contributed by atoms with Crippen molar-refractivity contribution in [2.24, 2.45) is 0 Å². The number of para-hydroxylation sites is 1.